The van der Waals surface area contributed by atoms with Crippen LogP contribution in [0.25, 0.3) is 0 Å². The van der Waals surface area contributed by atoms with E-state index in [1.807, 2.05) is 61.5 Å². The maximum Gasteiger partial charge on any atom is 0.255 e. The van der Waals surface area contributed by atoms with Crippen LogP contribution in [-0.4, -0.2) is 27.1 Å². The third-order valence-electron chi connectivity index (χ3n) is 4.85. The molecule has 3 rings (SSSR count). The highest BCUT2D eigenvalue weighted by Gasteiger charge is 2.20. The lowest BCUT2D eigenvalue weighted by Gasteiger charge is -2.12. The average molecular weight is 466 g/mol. The van der Waals surface area contributed by atoms with Crippen LogP contribution in [0.2, 0.25) is 0 Å². The molecular weight excluding hydrogens is 438 g/mol. The van der Waals surface area contributed by atoms with E-state index < -0.39 is 22.5 Å². The summed E-state index contributed by atoms with van der Waals surface area (Å²) in [5.41, 5.74) is 6.29. The number of hydrogen-bond donors (Lipinski definition) is 2. The van der Waals surface area contributed by atoms with Crippen molar-refractivity contribution >= 4 is 22.1 Å². The number of rotatable bonds is 9. The Balaban J connectivity index is 1.58. The Morgan fingerprint density at radius 3 is 2.30 bits per heavy atom. The molecular formula is C25H27N3O4S. The summed E-state index contributed by atoms with van der Waals surface area (Å²) in [5, 5.41) is 3.94. The van der Waals surface area contributed by atoms with E-state index in [0.717, 1.165) is 11.1 Å². The molecule has 0 saturated carbocycles. The molecule has 0 unspecified atom stereocenters. The first-order valence-corrected chi connectivity index (χ1v) is 11.9. The maximum atomic E-state index is 12.7. The number of hydrazone groups is 1. The van der Waals surface area contributed by atoms with Gasteiger partial charge in [0.1, 0.15) is 12.4 Å². The molecule has 0 bridgehead atoms. The molecule has 3 aromatic carbocycles. The molecule has 7 nitrogen and oxygen atoms in total. The van der Waals surface area contributed by atoms with E-state index in [1.54, 1.807) is 26.0 Å². The number of nitrogens with one attached hydrogen (secondary N) is 2. The molecule has 8 heteroatoms. The van der Waals surface area contributed by atoms with Crippen molar-refractivity contribution in [1.82, 2.24) is 10.1 Å². The van der Waals surface area contributed by atoms with E-state index in [9.17, 15) is 13.2 Å². The number of para-hydroxylation sites is 1. The number of benzene rings is 3. The van der Waals surface area contributed by atoms with Crippen LogP contribution in [0.3, 0.4) is 0 Å². The van der Waals surface area contributed by atoms with Gasteiger partial charge >= 0.3 is 0 Å². The Morgan fingerprint density at radius 1 is 0.970 bits per heavy atom. The second kappa shape index (κ2) is 10.9. The van der Waals surface area contributed by atoms with Crippen molar-refractivity contribution in [3.8, 4) is 5.75 Å². The summed E-state index contributed by atoms with van der Waals surface area (Å²) in [6.07, 6.45) is 1.46. The Bertz CT molecular complexity index is 1230. The van der Waals surface area contributed by atoms with Crippen LogP contribution in [-0.2, 0) is 21.4 Å². The van der Waals surface area contributed by atoms with E-state index in [1.165, 1.54) is 6.21 Å². The molecule has 172 valence electrons. The van der Waals surface area contributed by atoms with Gasteiger partial charge in [-0.25, -0.2) is 18.6 Å². The van der Waals surface area contributed by atoms with Gasteiger partial charge in [0.15, 0.2) is 0 Å². The molecule has 0 aliphatic heterocycles. The summed E-state index contributed by atoms with van der Waals surface area (Å²) in [6.45, 7) is 5.34. The second-order valence-electron chi connectivity index (χ2n) is 7.66. The van der Waals surface area contributed by atoms with Crippen LogP contribution in [0, 0.1) is 20.8 Å². The van der Waals surface area contributed by atoms with E-state index >= 15 is 0 Å². The molecule has 1 amide bonds. The zero-order chi connectivity index (χ0) is 23.8. The van der Waals surface area contributed by atoms with Gasteiger partial charge < -0.3 is 4.74 Å². The molecule has 3 aromatic rings. The number of carbonyl (C=O) groups excluding carboxylic acids is 1. The minimum atomic E-state index is -3.83. The van der Waals surface area contributed by atoms with Gasteiger partial charge in [0, 0.05) is 5.56 Å². The van der Waals surface area contributed by atoms with Crippen molar-refractivity contribution in [2.24, 2.45) is 5.10 Å². The maximum absolute atomic E-state index is 12.7. The molecule has 0 aliphatic carbocycles. The van der Waals surface area contributed by atoms with Crippen molar-refractivity contribution in [3.63, 3.8) is 0 Å². The zero-order valence-electron chi connectivity index (χ0n) is 18.8. The minimum absolute atomic E-state index is 0.189. The molecule has 33 heavy (non-hydrogen) atoms. The van der Waals surface area contributed by atoms with E-state index in [-0.39, 0.29) is 4.90 Å². The lowest BCUT2D eigenvalue weighted by atomic mass is 10.1. The van der Waals surface area contributed by atoms with Gasteiger partial charge in [-0.1, -0.05) is 60.2 Å². The van der Waals surface area contributed by atoms with E-state index in [0.29, 0.717) is 29.0 Å². The Kier molecular flexibility index (Phi) is 7.97. The predicted molar refractivity (Wildman–Crippen MR) is 129 cm³/mol. The third-order valence-corrected chi connectivity index (χ3v) is 6.55. The molecule has 2 N–H and O–H groups in total. The number of sulfonamides is 1. The number of hydrogen-bond acceptors (Lipinski definition) is 5. The zero-order valence-corrected chi connectivity index (χ0v) is 19.6. The Morgan fingerprint density at radius 2 is 1.61 bits per heavy atom. The first-order chi connectivity index (χ1) is 15.8. The summed E-state index contributed by atoms with van der Waals surface area (Å²) >= 11 is 0. The predicted octanol–water partition coefficient (Wildman–Crippen LogP) is 3.62. The fourth-order valence-corrected chi connectivity index (χ4v) is 4.92. The molecule has 0 radical (unpaired) electrons. The van der Waals surface area contributed by atoms with Crippen molar-refractivity contribution in [3.05, 3.63) is 94.5 Å². The van der Waals surface area contributed by atoms with Crippen molar-refractivity contribution in [2.45, 2.75) is 32.3 Å². The summed E-state index contributed by atoms with van der Waals surface area (Å²) in [4.78, 5) is 12.3. The van der Waals surface area contributed by atoms with Gasteiger partial charge in [-0.2, -0.15) is 5.10 Å². The molecule has 0 spiro atoms. The molecule has 0 saturated heterocycles. The SMILES string of the molecule is Cc1cc(C)c(S(=O)(=O)NCC(=O)N/N=C\c2ccccc2OCc2ccccc2)c(C)c1. The third kappa shape index (κ3) is 6.74. The topological polar surface area (TPSA) is 96.9 Å². The van der Waals surface area contributed by atoms with Crippen LogP contribution in [0.15, 0.2) is 76.7 Å². The lowest BCUT2D eigenvalue weighted by Crippen LogP contribution is -2.35. The van der Waals surface area contributed by atoms with Crippen LogP contribution in [0.1, 0.15) is 27.8 Å². The van der Waals surface area contributed by atoms with Gasteiger partial charge in [-0.15, -0.1) is 0 Å². The van der Waals surface area contributed by atoms with Crippen LogP contribution in [0.5, 0.6) is 5.75 Å². The molecule has 0 atom stereocenters. The molecule has 0 aliphatic rings. The van der Waals surface area contributed by atoms with Gasteiger partial charge in [0.05, 0.1) is 17.7 Å². The number of amides is 1. The standard InChI is InChI=1S/C25H27N3O4S/c1-18-13-19(2)25(20(3)14-18)33(30,31)27-16-24(29)28-26-15-22-11-7-8-12-23(22)32-17-21-9-5-4-6-10-21/h4-15,27H,16-17H2,1-3H3,(H,28,29)/b26-15-. The molecule has 0 aromatic heterocycles. The molecule has 0 heterocycles. The average Bonchev–Trinajstić information content (AvgIpc) is 2.77. The highest BCUT2D eigenvalue weighted by molar-refractivity contribution is 7.89. The number of aryl methyl sites for hydroxylation is 3. The van der Waals surface area contributed by atoms with Crippen molar-refractivity contribution in [2.75, 3.05) is 6.54 Å². The normalized spacial score (nSPS) is 11.5. The largest absolute Gasteiger partial charge is 0.488 e. The number of carbonyl (C=O) groups is 1. The van der Waals surface area contributed by atoms with E-state index in [2.05, 4.69) is 15.2 Å². The summed E-state index contributed by atoms with van der Waals surface area (Å²) < 4.78 is 33.5. The summed E-state index contributed by atoms with van der Waals surface area (Å²) in [5.74, 6) is 0.0327. The molecule has 0 fully saturated rings. The van der Waals surface area contributed by atoms with Crippen molar-refractivity contribution < 1.29 is 17.9 Å². The smallest absolute Gasteiger partial charge is 0.255 e. The van der Waals surface area contributed by atoms with Gasteiger partial charge in [-0.3, -0.25) is 4.79 Å². The van der Waals surface area contributed by atoms with Gasteiger partial charge in [-0.05, 0) is 49.6 Å². The number of ether oxygens (including phenoxy) is 1. The van der Waals surface area contributed by atoms with Crippen molar-refractivity contribution in [1.29, 1.82) is 0 Å². The minimum Gasteiger partial charge on any atom is -0.488 e. The lowest BCUT2D eigenvalue weighted by molar-refractivity contribution is -0.119. The highest BCUT2D eigenvalue weighted by Crippen LogP contribution is 2.21. The highest BCUT2D eigenvalue weighted by atomic mass is 32.2. The van der Waals surface area contributed by atoms with Gasteiger partial charge in [0.25, 0.3) is 5.91 Å². The summed E-state index contributed by atoms with van der Waals surface area (Å²) in [7, 11) is -3.83. The quantitative estimate of drug-likeness (QED) is 0.373. The fourth-order valence-electron chi connectivity index (χ4n) is 3.49. The monoisotopic (exact) mass is 465 g/mol. The van der Waals surface area contributed by atoms with Crippen LogP contribution in [0.4, 0.5) is 0 Å². The fraction of sp³-hybridized carbons (Fsp3) is 0.200. The first-order valence-electron chi connectivity index (χ1n) is 10.4. The number of nitrogens with zero attached hydrogens (tertiary/aromatic N) is 1. The Hall–Kier alpha value is -3.49. The van der Waals surface area contributed by atoms with Gasteiger partial charge in [0.2, 0.25) is 10.0 Å². The van der Waals surface area contributed by atoms with E-state index in [4.69, 9.17) is 4.74 Å². The van der Waals surface area contributed by atoms with Crippen LogP contribution < -0.4 is 14.9 Å². The Labute approximate surface area is 194 Å². The van der Waals surface area contributed by atoms with Crippen LogP contribution >= 0.6 is 0 Å². The summed E-state index contributed by atoms with van der Waals surface area (Å²) in [6, 6.07) is 20.7. The second-order valence-corrected chi connectivity index (χ2v) is 9.36. The first kappa shape index (κ1) is 24.2.